The molecule has 1 aromatic rings. The quantitative estimate of drug-likeness (QED) is 0.898. The molecule has 4 heteroatoms. The molecule has 0 spiro atoms. The Morgan fingerprint density at radius 3 is 3.00 bits per heavy atom. The van der Waals surface area contributed by atoms with Gasteiger partial charge >= 0.3 is 0 Å². The normalized spacial score (nSPS) is 26.3. The van der Waals surface area contributed by atoms with Crippen LogP contribution in [0.2, 0.25) is 0 Å². The van der Waals surface area contributed by atoms with Crippen molar-refractivity contribution in [2.75, 3.05) is 13.2 Å². The van der Waals surface area contributed by atoms with E-state index in [0.717, 1.165) is 19.6 Å². The number of rotatable bonds is 5. The van der Waals surface area contributed by atoms with Crippen LogP contribution < -0.4 is 5.32 Å². The molecule has 0 radical (unpaired) electrons. The van der Waals surface area contributed by atoms with Crippen molar-refractivity contribution in [1.82, 2.24) is 5.32 Å². The van der Waals surface area contributed by atoms with Gasteiger partial charge in [-0.2, -0.15) is 0 Å². The minimum absolute atomic E-state index is 0.387. The molecule has 1 aliphatic heterocycles. The smallest absolute Gasteiger partial charge is 0.0590 e. The predicted octanol–water partition coefficient (Wildman–Crippen LogP) is 3.46. The van der Waals surface area contributed by atoms with Gasteiger partial charge in [-0.25, -0.2) is 0 Å². The molecule has 17 heavy (non-hydrogen) atoms. The molecule has 0 aliphatic carbocycles. The van der Waals surface area contributed by atoms with Crippen molar-refractivity contribution in [1.29, 1.82) is 0 Å². The van der Waals surface area contributed by atoms with E-state index in [2.05, 4.69) is 46.5 Å². The topological polar surface area (TPSA) is 21.3 Å². The van der Waals surface area contributed by atoms with Gasteiger partial charge in [0, 0.05) is 27.9 Å². The molecule has 0 bridgehead atoms. The van der Waals surface area contributed by atoms with Crippen LogP contribution in [0, 0.1) is 5.92 Å². The summed E-state index contributed by atoms with van der Waals surface area (Å²) >= 11 is 5.46. The molecule has 1 N–H and O–H groups in total. The maximum absolute atomic E-state index is 5.69. The fourth-order valence-electron chi connectivity index (χ4n) is 2.58. The predicted molar refractivity (Wildman–Crippen MR) is 76.7 cm³/mol. The number of hydrogen-bond acceptors (Lipinski definition) is 3. The van der Waals surface area contributed by atoms with E-state index >= 15 is 0 Å². The Bertz CT molecular complexity index is 355. The van der Waals surface area contributed by atoms with Crippen LogP contribution in [0.25, 0.3) is 0 Å². The molecule has 3 unspecified atom stereocenters. The van der Waals surface area contributed by atoms with Gasteiger partial charge in [0.05, 0.1) is 6.10 Å². The van der Waals surface area contributed by atoms with E-state index in [-0.39, 0.29) is 0 Å². The Balaban J connectivity index is 2.04. The number of nitrogens with one attached hydrogen (secondary N) is 1. The molecule has 1 aromatic heterocycles. The van der Waals surface area contributed by atoms with Crippen LogP contribution in [0.4, 0.5) is 0 Å². The number of hydrogen-bond donors (Lipinski definition) is 1. The third kappa shape index (κ3) is 3.31. The Morgan fingerprint density at radius 2 is 2.47 bits per heavy atom. The second-order valence-electron chi connectivity index (χ2n) is 4.59. The Hall–Kier alpha value is 0.1000. The van der Waals surface area contributed by atoms with Crippen molar-refractivity contribution >= 4 is 27.3 Å². The number of likely N-dealkylation sites (N-methyl/N-ethyl adjacent to an activating group) is 1. The maximum atomic E-state index is 5.69. The molecular weight excluding hydrogens is 298 g/mol. The van der Waals surface area contributed by atoms with E-state index in [9.17, 15) is 0 Å². The molecule has 96 valence electrons. The van der Waals surface area contributed by atoms with Gasteiger partial charge in [0.1, 0.15) is 0 Å². The van der Waals surface area contributed by atoms with Crippen molar-refractivity contribution in [3.63, 3.8) is 0 Å². The monoisotopic (exact) mass is 317 g/mol. The summed E-state index contributed by atoms with van der Waals surface area (Å²) in [5.74, 6) is 0.643. The molecule has 1 aliphatic rings. The van der Waals surface area contributed by atoms with E-state index < -0.39 is 0 Å². The Morgan fingerprint density at radius 1 is 1.65 bits per heavy atom. The van der Waals surface area contributed by atoms with Gasteiger partial charge in [-0.15, -0.1) is 11.3 Å². The Kier molecular flexibility index (Phi) is 5.03. The molecule has 3 atom stereocenters. The third-order valence-electron chi connectivity index (χ3n) is 3.51. The average Bonchev–Trinajstić information content (AvgIpc) is 2.88. The summed E-state index contributed by atoms with van der Waals surface area (Å²) in [7, 11) is 0. The zero-order valence-electron chi connectivity index (χ0n) is 10.4. The maximum Gasteiger partial charge on any atom is 0.0590 e. The summed E-state index contributed by atoms with van der Waals surface area (Å²) in [4.78, 5) is 1.44. The second kappa shape index (κ2) is 6.32. The summed E-state index contributed by atoms with van der Waals surface area (Å²) in [5, 5.41) is 5.78. The van der Waals surface area contributed by atoms with E-state index in [4.69, 9.17) is 4.74 Å². The number of thiophene rings is 1. The van der Waals surface area contributed by atoms with Gasteiger partial charge in [-0.3, -0.25) is 0 Å². The molecule has 0 amide bonds. The summed E-state index contributed by atoms with van der Waals surface area (Å²) in [6, 6.07) is 2.67. The van der Waals surface area contributed by atoms with Gasteiger partial charge in [0.25, 0.3) is 0 Å². The highest BCUT2D eigenvalue weighted by atomic mass is 79.9. The SMILES string of the molecule is CCNC(Cc1sccc1Br)C1CCOC1C. The highest BCUT2D eigenvalue weighted by molar-refractivity contribution is 9.10. The molecule has 2 heterocycles. The van der Waals surface area contributed by atoms with Gasteiger partial charge in [-0.1, -0.05) is 6.92 Å². The van der Waals surface area contributed by atoms with Gasteiger partial charge < -0.3 is 10.1 Å². The van der Waals surface area contributed by atoms with Gasteiger partial charge in [0.2, 0.25) is 0 Å². The van der Waals surface area contributed by atoms with Crippen LogP contribution in [0.1, 0.15) is 25.1 Å². The number of halogens is 1. The lowest BCUT2D eigenvalue weighted by molar-refractivity contribution is 0.0956. The molecule has 1 fully saturated rings. The van der Waals surface area contributed by atoms with Crippen molar-refractivity contribution in [3.8, 4) is 0 Å². The summed E-state index contributed by atoms with van der Waals surface area (Å²) in [6.45, 7) is 6.32. The second-order valence-corrected chi connectivity index (χ2v) is 6.44. The summed E-state index contributed by atoms with van der Waals surface area (Å²) in [6.07, 6.45) is 2.67. The lowest BCUT2D eigenvalue weighted by Crippen LogP contribution is -2.40. The van der Waals surface area contributed by atoms with Crippen molar-refractivity contribution in [2.45, 2.75) is 38.8 Å². The van der Waals surface area contributed by atoms with Crippen molar-refractivity contribution in [2.24, 2.45) is 5.92 Å². The largest absolute Gasteiger partial charge is 0.378 e. The number of ether oxygens (including phenoxy) is 1. The van der Waals surface area contributed by atoms with Crippen LogP contribution in [-0.4, -0.2) is 25.3 Å². The van der Waals surface area contributed by atoms with Crippen molar-refractivity contribution in [3.05, 3.63) is 20.8 Å². The molecule has 0 aromatic carbocycles. The third-order valence-corrected chi connectivity index (χ3v) is 5.46. The lowest BCUT2D eigenvalue weighted by Gasteiger charge is -2.26. The molecule has 1 saturated heterocycles. The van der Waals surface area contributed by atoms with E-state index in [1.54, 1.807) is 0 Å². The average molecular weight is 318 g/mol. The lowest BCUT2D eigenvalue weighted by atomic mass is 9.90. The fraction of sp³-hybridized carbons (Fsp3) is 0.692. The molecule has 2 rings (SSSR count). The van der Waals surface area contributed by atoms with Crippen LogP contribution in [-0.2, 0) is 11.2 Å². The van der Waals surface area contributed by atoms with Crippen LogP contribution >= 0.6 is 27.3 Å². The first-order valence-electron chi connectivity index (χ1n) is 6.29. The molecule has 0 saturated carbocycles. The summed E-state index contributed by atoms with van der Waals surface area (Å²) < 4.78 is 6.94. The Labute approximate surface area is 116 Å². The first-order valence-corrected chi connectivity index (χ1v) is 7.96. The van der Waals surface area contributed by atoms with Crippen LogP contribution in [0.5, 0.6) is 0 Å². The van der Waals surface area contributed by atoms with Gasteiger partial charge in [0.15, 0.2) is 0 Å². The standard InChI is InChI=1S/C13H20BrNOS/c1-3-15-12(10-4-6-16-9(10)2)8-13-11(14)5-7-17-13/h5,7,9-10,12,15H,3-4,6,8H2,1-2H3. The van der Waals surface area contributed by atoms with E-state index in [0.29, 0.717) is 18.1 Å². The van der Waals surface area contributed by atoms with E-state index in [1.807, 2.05) is 11.3 Å². The summed E-state index contributed by atoms with van der Waals surface area (Å²) in [5.41, 5.74) is 0. The minimum Gasteiger partial charge on any atom is -0.378 e. The highest BCUT2D eigenvalue weighted by Gasteiger charge is 2.31. The highest BCUT2D eigenvalue weighted by Crippen LogP contribution is 2.30. The fourth-order valence-corrected chi connectivity index (χ4v) is 4.16. The molecular formula is C13H20BrNOS. The van der Waals surface area contributed by atoms with Gasteiger partial charge in [-0.05, 0) is 53.7 Å². The van der Waals surface area contributed by atoms with Crippen molar-refractivity contribution < 1.29 is 4.74 Å². The first-order chi connectivity index (χ1) is 8.22. The molecule has 2 nitrogen and oxygen atoms in total. The minimum atomic E-state index is 0.387. The van der Waals surface area contributed by atoms with E-state index in [1.165, 1.54) is 15.8 Å². The zero-order valence-corrected chi connectivity index (χ0v) is 12.8. The first kappa shape index (κ1) is 13.5. The van der Waals surface area contributed by atoms with Crippen LogP contribution in [0.15, 0.2) is 15.9 Å². The zero-order chi connectivity index (χ0) is 12.3. The van der Waals surface area contributed by atoms with Crippen LogP contribution in [0.3, 0.4) is 0 Å².